The Balaban J connectivity index is 1.50. The summed E-state index contributed by atoms with van der Waals surface area (Å²) in [6.45, 7) is 0.449. The lowest BCUT2D eigenvalue weighted by Gasteiger charge is -2.29. The number of benzene rings is 1. The number of hydrogen-bond acceptors (Lipinski definition) is 8. The van der Waals surface area contributed by atoms with Gasteiger partial charge in [-0.25, -0.2) is 18.7 Å². The molecule has 198 valence electrons. The molecule has 3 heterocycles. The van der Waals surface area contributed by atoms with Gasteiger partial charge in [-0.2, -0.15) is 4.98 Å². The van der Waals surface area contributed by atoms with Gasteiger partial charge in [0.2, 0.25) is 17.8 Å². The van der Waals surface area contributed by atoms with Gasteiger partial charge in [-0.3, -0.25) is 9.36 Å². The molecule has 0 bridgehead atoms. The minimum absolute atomic E-state index is 0.0144. The number of imidazole rings is 1. The molecule has 1 aliphatic heterocycles. The van der Waals surface area contributed by atoms with Crippen molar-refractivity contribution in [1.82, 2.24) is 19.5 Å². The highest BCUT2D eigenvalue weighted by Gasteiger charge is 2.30. The smallest absolute Gasteiger partial charge is 0.224 e. The first-order valence-corrected chi connectivity index (χ1v) is 12.6. The highest BCUT2D eigenvalue weighted by Crippen LogP contribution is 2.38. The van der Waals surface area contributed by atoms with Crippen molar-refractivity contribution in [3.63, 3.8) is 0 Å². The number of aliphatic hydroxyl groups excluding tert-OH is 1. The maximum atomic E-state index is 14.6. The van der Waals surface area contributed by atoms with Crippen LogP contribution in [-0.4, -0.2) is 55.9 Å². The van der Waals surface area contributed by atoms with Crippen LogP contribution in [-0.2, 0) is 9.53 Å². The molecule has 0 radical (unpaired) electrons. The molecule has 2 fully saturated rings. The number of hydrogen-bond donors (Lipinski definition) is 4. The Morgan fingerprint density at radius 2 is 1.92 bits per heavy atom. The number of nitrogens with two attached hydrogens (primary N) is 1. The van der Waals surface area contributed by atoms with Gasteiger partial charge in [0.1, 0.15) is 11.2 Å². The maximum absolute atomic E-state index is 14.6. The van der Waals surface area contributed by atoms with Gasteiger partial charge < -0.3 is 26.2 Å². The van der Waals surface area contributed by atoms with Crippen LogP contribution in [0, 0.1) is 17.6 Å². The molecule has 1 saturated carbocycles. The molecular formula is C24H28ClF2N7O3. The van der Waals surface area contributed by atoms with Crippen LogP contribution in [0.5, 0.6) is 0 Å². The fraction of sp³-hybridized carbons (Fsp3) is 0.500. The van der Waals surface area contributed by atoms with Crippen LogP contribution in [0.2, 0.25) is 5.02 Å². The summed E-state index contributed by atoms with van der Waals surface area (Å²) in [4.78, 5) is 25.3. The van der Waals surface area contributed by atoms with Crippen LogP contribution < -0.4 is 16.4 Å². The van der Waals surface area contributed by atoms with Crippen molar-refractivity contribution in [1.29, 1.82) is 0 Å². The van der Waals surface area contributed by atoms with E-state index in [-0.39, 0.29) is 53.3 Å². The summed E-state index contributed by atoms with van der Waals surface area (Å²) in [6, 6.07) is 1.92. The van der Waals surface area contributed by atoms with Gasteiger partial charge in [0.15, 0.2) is 17.3 Å². The Hall–Kier alpha value is -3.09. The summed E-state index contributed by atoms with van der Waals surface area (Å²) in [7, 11) is 0. The number of primary amides is 1. The lowest BCUT2D eigenvalue weighted by atomic mass is 9.85. The molecule has 2 aromatic heterocycles. The van der Waals surface area contributed by atoms with Gasteiger partial charge in [-0.15, -0.1) is 0 Å². The van der Waals surface area contributed by atoms with Gasteiger partial charge >= 0.3 is 0 Å². The highest BCUT2D eigenvalue weighted by atomic mass is 35.5. The van der Waals surface area contributed by atoms with E-state index in [0.717, 1.165) is 18.6 Å². The van der Waals surface area contributed by atoms with Crippen LogP contribution in [0.4, 0.5) is 26.4 Å². The predicted octanol–water partition coefficient (Wildman–Crippen LogP) is 3.67. The van der Waals surface area contributed by atoms with E-state index in [4.69, 9.17) is 27.1 Å². The number of nitrogens with zero attached hydrogens (tertiary/aromatic N) is 4. The number of amides is 1. The summed E-state index contributed by atoms with van der Waals surface area (Å²) in [5.41, 5.74) is 6.06. The summed E-state index contributed by atoms with van der Waals surface area (Å²) >= 11 is 5.78. The Kier molecular flexibility index (Phi) is 7.40. The van der Waals surface area contributed by atoms with Crippen LogP contribution in [0.15, 0.2) is 18.3 Å². The van der Waals surface area contributed by atoms with E-state index in [1.165, 1.54) is 0 Å². The number of fused-ring (bicyclic) bond motifs is 1. The third-order valence-electron chi connectivity index (χ3n) is 7.04. The van der Waals surface area contributed by atoms with Crippen LogP contribution in [0.1, 0.15) is 44.6 Å². The number of nitrogens with one attached hydrogen (secondary N) is 2. The summed E-state index contributed by atoms with van der Waals surface area (Å²) in [6.07, 6.45) is 5.05. The maximum Gasteiger partial charge on any atom is 0.224 e. The van der Waals surface area contributed by atoms with Crippen molar-refractivity contribution in [3.05, 3.63) is 35.0 Å². The van der Waals surface area contributed by atoms with Crippen LogP contribution >= 0.6 is 11.6 Å². The first kappa shape index (κ1) is 25.6. The van der Waals surface area contributed by atoms with Crippen molar-refractivity contribution in [2.75, 3.05) is 23.8 Å². The van der Waals surface area contributed by atoms with Crippen molar-refractivity contribution in [2.45, 2.75) is 56.7 Å². The molecule has 2 aliphatic rings. The fourth-order valence-corrected chi connectivity index (χ4v) is 5.30. The van der Waals surface area contributed by atoms with Crippen LogP contribution in [0.3, 0.4) is 0 Å². The summed E-state index contributed by atoms with van der Waals surface area (Å²) < 4.78 is 36.6. The normalized spacial score (nSPS) is 24.2. The van der Waals surface area contributed by atoms with E-state index in [0.29, 0.717) is 55.8 Å². The lowest BCUT2D eigenvalue weighted by molar-refractivity contribution is -0.122. The largest absolute Gasteiger partial charge is 0.394 e. The standard InChI is InChI=1S/C24H28ClF2N7O3/c25-13-7-17(26)20(18(27)8-13)32-24-31-19-10-29-23(30-14-5-6-37-16(9-14)11-35)33-22(19)34(24)15-3-1-12(2-4-15)21(28)36/h7-8,10,12,14-16,35H,1-6,9,11H2,(H2,28,36)(H,31,32)(H,29,30,33)/t12?,14?,15?,16-/m0/s1. The number of carbonyl (C=O) groups is 1. The average Bonchev–Trinajstić information content (AvgIpc) is 3.23. The summed E-state index contributed by atoms with van der Waals surface area (Å²) in [5, 5.41) is 15.5. The van der Waals surface area contributed by atoms with E-state index >= 15 is 0 Å². The number of carbonyl (C=O) groups excluding carboxylic acids is 1. The lowest BCUT2D eigenvalue weighted by Crippen LogP contribution is -2.36. The number of rotatable bonds is 7. The third kappa shape index (κ3) is 5.46. The zero-order valence-electron chi connectivity index (χ0n) is 20.0. The third-order valence-corrected chi connectivity index (χ3v) is 7.26. The zero-order chi connectivity index (χ0) is 26.1. The van der Waals surface area contributed by atoms with Gasteiger partial charge in [0.05, 0.1) is 18.9 Å². The number of anilines is 3. The first-order chi connectivity index (χ1) is 17.8. The second kappa shape index (κ2) is 10.7. The first-order valence-electron chi connectivity index (χ1n) is 12.3. The molecule has 37 heavy (non-hydrogen) atoms. The fourth-order valence-electron chi connectivity index (χ4n) is 5.11. The number of ether oxygens (including phenoxy) is 1. The molecular weight excluding hydrogens is 508 g/mol. The number of halogens is 3. The monoisotopic (exact) mass is 535 g/mol. The second-order valence-electron chi connectivity index (χ2n) is 9.53. The second-order valence-corrected chi connectivity index (χ2v) is 9.96. The molecule has 1 saturated heterocycles. The predicted molar refractivity (Wildman–Crippen MR) is 134 cm³/mol. The van der Waals surface area contributed by atoms with E-state index < -0.39 is 11.6 Å². The van der Waals surface area contributed by atoms with Gasteiger partial charge in [0, 0.05) is 29.6 Å². The van der Waals surface area contributed by atoms with Crippen LogP contribution in [0.25, 0.3) is 11.2 Å². The Morgan fingerprint density at radius 1 is 1.19 bits per heavy atom. The highest BCUT2D eigenvalue weighted by molar-refractivity contribution is 6.30. The molecule has 10 nitrogen and oxygen atoms in total. The van der Waals surface area contributed by atoms with Crippen molar-refractivity contribution < 1.29 is 23.4 Å². The molecule has 3 aromatic rings. The number of aromatic nitrogens is 4. The zero-order valence-corrected chi connectivity index (χ0v) is 20.7. The van der Waals surface area contributed by atoms with E-state index in [1.807, 2.05) is 4.57 Å². The Morgan fingerprint density at radius 3 is 2.59 bits per heavy atom. The quantitative estimate of drug-likeness (QED) is 0.359. The van der Waals surface area contributed by atoms with Gasteiger partial charge in [0.25, 0.3) is 0 Å². The molecule has 1 aromatic carbocycles. The van der Waals surface area contributed by atoms with E-state index in [9.17, 15) is 18.7 Å². The minimum Gasteiger partial charge on any atom is -0.394 e. The van der Waals surface area contributed by atoms with Crippen molar-refractivity contribution in [3.8, 4) is 0 Å². The van der Waals surface area contributed by atoms with Crippen molar-refractivity contribution in [2.24, 2.45) is 11.7 Å². The molecule has 2 atom stereocenters. The molecule has 5 rings (SSSR count). The minimum atomic E-state index is -0.854. The molecule has 1 aliphatic carbocycles. The molecule has 1 amide bonds. The van der Waals surface area contributed by atoms with Crippen molar-refractivity contribution >= 4 is 46.3 Å². The average molecular weight is 536 g/mol. The Labute approximate surface area is 216 Å². The molecule has 13 heteroatoms. The SMILES string of the molecule is NC(=O)C1CCC(n2c(Nc3c(F)cc(Cl)cc3F)nc3cnc(NC4CCO[C@H](CO)C4)nc32)CC1. The van der Waals surface area contributed by atoms with E-state index in [1.54, 1.807) is 6.20 Å². The number of aliphatic hydroxyl groups is 1. The summed E-state index contributed by atoms with van der Waals surface area (Å²) in [5.74, 6) is -1.67. The molecule has 5 N–H and O–H groups in total. The Bertz CT molecular complexity index is 1280. The van der Waals surface area contributed by atoms with Gasteiger partial charge in [-0.05, 0) is 50.7 Å². The molecule has 0 spiro atoms. The van der Waals surface area contributed by atoms with E-state index in [2.05, 4.69) is 20.6 Å². The van der Waals surface area contributed by atoms with Gasteiger partial charge in [-0.1, -0.05) is 11.6 Å². The topological polar surface area (TPSA) is 140 Å². The molecule has 1 unspecified atom stereocenters.